The van der Waals surface area contributed by atoms with Crippen LogP contribution in [0.4, 0.5) is 34.9 Å². The van der Waals surface area contributed by atoms with Crippen molar-refractivity contribution in [1.29, 1.82) is 0 Å². The number of aromatic nitrogens is 3. The molecular weight excluding hydrogens is 432 g/mol. The van der Waals surface area contributed by atoms with Crippen LogP contribution >= 0.6 is 0 Å². The lowest BCUT2D eigenvalue weighted by molar-refractivity contribution is -0.384. The number of nitrogens with zero attached hydrogens (tertiary/aromatic N) is 5. The SMILES string of the molecule is Cc1ccc(Nc2nc(NN=Cc3cccc([N+](=O)[O-])c3)nc(Nc3ccc(C)cc3)n2)cc1. The van der Waals surface area contributed by atoms with E-state index >= 15 is 0 Å². The number of rotatable bonds is 8. The first-order chi connectivity index (χ1) is 16.4. The number of hydrogen-bond donors (Lipinski definition) is 3. The van der Waals surface area contributed by atoms with Crippen LogP contribution in [0.25, 0.3) is 0 Å². The van der Waals surface area contributed by atoms with E-state index in [2.05, 4.69) is 36.1 Å². The monoisotopic (exact) mass is 454 g/mol. The molecule has 0 saturated heterocycles. The Kier molecular flexibility index (Phi) is 6.68. The lowest BCUT2D eigenvalue weighted by Gasteiger charge is -2.10. The summed E-state index contributed by atoms with van der Waals surface area (Å²) in [7, 11) is 0. The first kappa shape index (κ1) is 22.3. The minimum Gasteiger partial charge on any atom is -0.324 e. The Labute approximate surface area is 196 Å². The lowest BCUT2D eigenvalue weighted by Crippen LogP contribution is -2.07. The van der Waals surface area contributed by atoms with E-state index in [-0.39, 0.29) is 11.6 Å². The summed E-state index contributed by atoms with van der Waals surface area (Å²) in [6, 6.07) is 21.8. The normalized spacial score (nSPS) is 10.8. The highest BCUT2D eigenvalue weighted by molar-refractivity contribution is 5.81. The van der Waals surface area contributed by atoms with E-state index in [0.29, 0.717) is 17.5 Å². The highest BCUT2D eigenvalue weighted by atomic mass is 16.6. The number of aryl methyl sites for hydroxylation is 2. The molecule has 0 atom stereocenters. The second-order valence-corrected chi connectivity index (χ2v) is 7.51. The molecule has 4 aromatic rings. The molecule has 10 nitrogen and oxygen atoms in total. The van der Waals surface area contributed by atoms with Crippen LogP contribution in [0.1, 0.15) is 16.7 Å². The van der Waals surface area contributed by atoms with Gasteiger partial charge in [-0.15, -0.1) is 0 Å². The van der Waals surface area contributed by atoms with Crippen molar-refractivity contribution in [2.75, 3.05) is 16.1 Å². The number of anilines is 5. The number of non-ortho nitro benzene ring substituents is 1. The highest BCUT2D eigenvalue weighted by Crippen LogP contribution is 2.19. The largest absolute Gasteiger partial charge is 0.324 e. The van der Waals surface area contributed by atoms with E-state index in [9.17, 15) is 10.1 Å². The van der Waals surface area contributed by atoms with Gasteiger partial charge in [0.15, 0.2) is 0 Å². The minimum absolute atomic E-state index is 0.0155. The van der Waals surface area contributed by atoms with Crippen molar-refractivity contribution < 1.29 is 4.92 Å². The number of nitrogens with one attached hydrogen (secondary N) is 3. The molecule has 34 heavy (non-hydrogen) atoms. The van der Waals surface area contributed by atoms with Gasteiger partial charge >= 0.3 is 0 Å². The molecule has 3 N–H and O–H groups in total. The second-order valence-electron chi connectivity index (χ2n) is 7.51. The molecule has 0 bridgehead atoms. The first-order valence-electron chi connectivity index (χ1n) is 10.4. The summed E-state index contributed by atoms with van der Waals surface area (Å²) in [5, 5.41) is 21.4. The molecule has 0 aliphatic heterocycles. The van der Waals surface area contributed by atoms with Gasteiger partial charge in [0, 0.05) is 29.1 Å². The summed E-state index contributed by atoms with van der Waals surface area (Å²) in [6.07, 6.45) is 1.46. The number of hydrogen-bond acceptors (Lipinski definition) is 9. The maximum Gasteiger partial charge on any atom is 0.270 e. The number of nitro benzene ring substituents is 1. The fraction of sp³-hybridized carbons (Fsp3) is 0.0833. The predicted molar refractivity (Wildman–Crippen MR) is 133 cm³/mol. The Bertz CT molecular complexity index is 1260. The van der Waals surface area contributed by atoms with Crippen LogP contribution in [0.5, 0.6) is 0 Å². The van der Waals surface area contributed by atoms with Crippen molar-refractivity contribution in [3.63, 3.8) is 0 Å². The summed E-state index contributed by atoms with van der Waals surface area (Å²) < 4.78 is 0. The summed E-state index contributed by atoms with van der Waals surface area (Å²) in [5.41, 5.74) is 7.24. The van der Waals surface area contributed by atoms with Crippen LogP contribution in [0, 0.1) is 24.0 Å². The van der Waals surface area contributed by atoms with Crippen LogP contribution < -0.4 is 16.1 Å². The Morgan fingerprint density at radius 3 is 1.85 bits per heavy atom. The van der Waals surface area contributed by atoms with Crippen LogP contribution in [0.15, 0.2) is 77.9 Å². The molecule has 3 aromatic carbocycles. The van der Waals surface area contributed by atoms with Crippen LogP contribution in [0.2, 0.25) is 0 Å². The first-order valence-corrected chi connectivity index (χ1v) is 10.4. The molecule has 0 fully saturated rings. The lowest BCUT2D eigenvalue weighted by atomic mass is 10.2. The molecule has 10 heteroatoms. The summed E-state index contributed by atoms with van der Waals surface area (Å²) in [4.78, 5) is 23.7. The average molecular weight is 454 g/mol. The van der Waals surface area contributed by atoms with Gasteiger partial charge in [-0.25, -0.2) is 5.43 Å². The molecule has 1 aromatic heterocycles. The third-order valence-electron chi connectivity index (χ3n) is 4.71. The van der Waals surface area contributed by atoms with E-state index in [1.54, 1.807) is 12.1 Å². The van der Waals surface area contributed by atoms with E-state index < -0.39 is 4.92 Å². The Morgan fingerprint density at radius 1 is 0.794 bits per heavy atom. The number of nitro groups is 1. The van der Waals surface area contributed by atoms with E-state index in [1.165, 1.54) is 18.3 Å². The van der Waals surface area contributed by atoms with Gasteiger partial charge in [-0.3, -0.25) is 10.1 Å². The topological polar surface area (TPSA) is 130 Å². The molecule has 0 aliphatic carbocycles. The second kappa shape index (κ2) is 10.2. The smallest absolute Gasteiger partial charge is 0.270 e. The van der Waals surface area contributed by atoms with Crippen LogP contribution in [-0.2, 0) is 0 Å². The molecule has 4 rings (SSSR count). The van der Waals surface area contributed by atoms with Crippen LogP contribution in [-0.4, -0.2) is 26.1 Å². The fourth-order valence-electron chi connectivity index (χ4n) is 2.95. The van der Waals surface area contributed by atoms with E-state index in [4.69, 9.17) is 0 Å². The maximum absolute atomic E-state index is 11.0. The average Bonchev–Trinajstić information content (AvgIpc) is 2.82. The predicted octanol–water partition coefficient (Wildman–Crippen LogP) is 5.33. The quantitative estimate of drug-likeness (QED) is 0.185. The molecule has 0 saturated carbocycles. The maximum atomic E-state index is 11.0. The van der Waals surface area contributed by atoms with Gasteiger partial charge in [-0.1, -0.05) is 47.5 Å². The molecule has 1 heterocycles. The van der Waals surface area contributed by atoms with Gasteiger partial charge in [0.1, 0.15) is 0 Å². The van der Waals surface area contributed by atoms with Crippen molar-refractivity contribution in [2.45, 2.75) is 13.8 Å². The summed E-state index contributed by atoms with van der Waals surface area (Å²) in [6.45, 7) is 4.02. The van der Waals surface area contributed by atoms with Gasteiger partial charge in [0.25, 0.3) is 5.69 Å². The third-order valence-corrected chi connectivity index (χ3v) is 4.71. The zero-order valence-corrected chi connectivity index (χ0v) is 18.6. The van der Waals surface area contributed by atoms with Crippen molar-refractivity contribution in [2.24, 2.45) is 5.10 Å². The van der Waals surface area contributed by atoms with Crippen molar-refractivity contribution in [3.05, 3.63) is 99.6 Å². The molecule has 0 radical (unpaired) electrons. The number of hydrazone groups is 1. The zero-order valence-electron chi connectivity index (χ0n) is 18.6. The molecule has 0 unspecified atom stereocenters. The van der Waals surface area contributed by atoms with Gasteiger partial charge in [-0.2, -0.15) is 20.1 Å². The Morgan fingerprint density at radius 2 is 1.32 bits per heavy atom. The third kappa shape index (κ3) is 6.10. The summed E-state index contributed by atoms with van der Waals surface area (Å²) >= 11 is 0. The number of benzene rings is 3. The minimum atomic E-state index is -0.456. The molecule has 0 spiro atoms. The molecule has 0 aliphatic rings. The van der Waals surface area contributed by atoms with Crippen molar-refractivity contribution >= 4 is 41.1 Å². The van der Waals surface area contributed by atoms with Gasteiger partial charge in [-0.05, 0) is 38.1 Å². The Balaban J connectivity index is 1.57. The molecule has 170 valence electrons. The zero-order chi connectivity index (χ0) is 23.9. The van der Waals surface area contributed by atoms with Crippen molar-refractivity contribution in [3.8, 4) is 0 Å². The van der Waals surface area contributed by atoms with Gasteiger partial charge in [0.05, 0.1) is 11.1 Å². The summed E-state index contributed by atoms with van der Waals surface area (Å²) in [5.74, 6) is 0.837. The van der Waals surface area contributed by atoms with Gasteiger partial charge in [0.2, 0.25) is 17.8 Å². The van der Waals surface area contributed by atoms with Crippen molar-refractivity contribution in [1.82, 2.24) is 15.0 Å². The fourth-order valence-corrected chi connectivity index (χ4v) is 2.95. The highest BCUT2D eigenvalue weighted by Gasteiger charge is 2.08. The molecular formula is C24H22N8O2. The molecule has 0 amide bonds. The van der Waals surface area contributed by atoms with Crippen LogP contribution in [0.3, 0.4) is 0 Å². The van der Waals surface area contributed by atoms with E-state index in [1.807, 2.05) is 62.4 Å². The van der Waals surface area contributed by atoms with E-state index in [0.717, 1.165) is 22.5 Å². The standard InChI is InChI=1S/C24H22N8O2/c1-16-6-10-19(11-7-16)26-22-28-23(27-20-12-8-17(2)9-13-20)30-24(29-22)31-25-15-18-4-3-5-21(14-18)32(33)34/h3-15H,1-2H3,(H3,26,27,28,29,30,31). The Hall–Kier alpha value is -4.86. The van der Waals surface area contributed by atoms with Gasteiger partial charge < -0.3 is 10.6 Å².